The number of hydrogen-bond acceptors (Lipinski definition) is 10. The molecule has 12 heteroatoms. The van der Waals surface area contributed by atoms with Crippen molar-refractivity contribution >= 4 is 32.0 Å². The van der Waals surface area contributed by atoms with Crippen molar-refractivity contribution in [2.45, 2.75) is 11.8 Å². The van der Waals surface area contributed by atoms with E-state index in [0.29, 0.717) is 45.0 Å². The van der Waals surface area contributed by atoms with Crippen molar-refractivity contribution in [2.75, 3.05) is 52.7 Å². The molecule has 0 saturated heterocycles. The van der Waals surface area contributed by atoms with Gasteiger partial charge in [0.25, 0.3) is 0 Å². The van der Waals surface area contributed by atoms with Crippen LogP contribution in [0.4, 0.5) is 0 Å². The molecule has 2 aromatic heterocycles. The largest absolute Gasteiger partial charge is 0.491 e. The first-order chi connectivity index (χ1) is 27.7. The predicted molar refractivity (Wildman–Crippen MR) is 218 cm³/mol. The zero-order valence-corrected chi connectivity index (χ0v) is 32.1. The molecule has 7 aromatic rings. The predicted octanol–water partition coefficient (Wildman–Crippen LogP) is 7.72. The van der Waals surface area contributed by atoms with Crippen LogP contribution in [-0.2, 0) is 19.5 Å². The standard InChI is InChI=1S/C45H41NO10S/c1-32-10-20-37(21-11-32)57(49,50)46(22-24-51-26-28-53-35-16-12-33(13-17-35)44-30-40(47)38-6-2-4-8-42(38)55-44)23-25-52-27-29-54-36-18-14-34(15-19-36)45-31-41(48)39-7-3-5-9-43(39)56-45/h2-21,30-31H,22-29H2,1H3. The van der Waals surface area contributed by atoms with Crippen LogP contribution in [0.5, 0.6) is 11.5 Å². The van der Waals surface area contributed by atoms with Crippen LogP contribution in [-0.4, -0.2) is 65.5 Å². The van der Waals surface area contributed by atoms with E-state index in [2.05, 4.69) is 0 Å². The van der Waals surface area contributed by atoms with Crippen LogP contribution in [0.3, 0.4) is 0 Å². The number of benzene rings is 5. The quantitative estimate of drug-likeness (QED) is 0.0796. The number of aryl methyl sites for hydroxylation is 1. The lowest BCUT2D eigenvalue weighted by atomic mass is 10.1. The summed E-state index contributed by atoms with van der Waals surface area (Å²) in [5, 5.41) is 1.06. The van der Waals surface area contributed by atoms with Gasteiger partial charge in [-0.05, 0) is 91.9 Å². The number of nitrogens with zero attached hydrogens (tertiary/aromatic N) is 1. The van der Waals surface area contributed by atoms with Gasteiger partial charge in [-0.15, -0.1) is 0 Å². The molecule has 0 aliphatic carbocycles. The lowest BCUT2D eigenvalue weighted by Crippen LogP contribution is -2.37. The third-order valence-corrected chi connectivity index (χ3v) is 11.1. The van der Waals surface area contributed by atoms with Crippen molar-refractivity contribution in [3.8, 4) is 34.1 Å². The second kappa shape index (κ2) is 18.3. The van der Waals surface area contributed by atoms with Gasteiger partial charge in [0, 0.05) is 36.3 Å². The van der Waals surface area contributed by atoms with Crippen molar-refractivity contribution in [3.05, 3.63) is 159 Å². The Morgan fingerprint density at radius 2 is 0.965 bits per heavy atom. The molecule has 0 bridgehead atoms. The van der Waals surface area contributed by atoms with Crippen molar-refractivity contribution < 1.29 is 36.2 Å². The van der Waals surface area contributed by atoms with E-state index in [1.165, 1.54) is 16.4 Å². The third kappa shape index (κ3) is 9.86. The van der Waals surface area contributed by atoms with Crippen LogP contribution < -0.4 is 20.3 Å². The van der Waals surface area contributed by atoms with E-state index >= 15 is 0 Å². The molecule has 11 nitrogen and oxygen atoms in total. The molecule has 0 amide bonds. The summed E-state index contributed by atoms with van der Waals surface area (Å²) in [6.45, 7) is 3.41. The van der Waals surface area contributed by atoms with Crippen LogP contribution >= 0.6 is 0 Å². The minimum absolute atomic E-state index is 0.108. The Hall–Kier alpha value is -6.05. The van der Waals surface area contributed by atoms with Gasteiger partial charge in [0.1, 0.15) is 47.4 Å². The summed E-state index contributed by atoms with van der Waals surface area (Å²) in [6, 6.07) is 38.3. The number of fused-ring (bicyclic) bond motifs is 2. The second-order valence-corrected chi connectivity index (χ2v) is 15.1. The lowest BCUT2D eigenvalue weighted by Gasteiger charge is -2.22. The van der Waals surface area contributed by atoms with Crippen molar-refractivity contribution in [2.24, 2.45) is 0 Å². The van der Waals surface area contributed by atoms with E-state index in [1.807, 2.05) is 43.3 Å². The molecule has 0 saturated carbocycles. The number of ether oxygens (including phenoxy) is 4. The lowest BCUT2D eigenvalue weighted by molar-refractivity contribution is 0.0748. The molecule has 0 atom stereocenters. The summed E-state index contributed by atoms with van der Waals surface area (Å²) in [5.41, 5.74) is 3.28. The second-order valence-electron chi connectivity index (χ2n) is 13.1. The van der Waals surface area contributed by atoms with E-state index in [0.717, 1.165) is 16.7 Å². The van der Waals surface area contributed by atoms with Crippen LogP contribution in [0.1, 0.15) is 5.56 Å². The van der Waals surface area contributed by atoms with Crippen LogP contribution in [0.2, 0.25) is 0 Å². The van der Waals surface area contributed by atoms with Crippen molar-refractivity contribution in [3.63, 3.8) is 0 Å². The molecule has 0 aliphatic heterocycles. The SMILES string of the molecule is Cc1ccc(S(=O)(=O)N(CCOCCOc2ccc(-c3cc(=O)c4ccccc4o3)cc2)CCOCCOc2ccc(-c3cc(=O)c4ccccc4o3)cc2)cc1. The number of hydrogen-bond donors (Lipinski definition) is 0. The highest BCUT2D eigenvalue weighted by molar-refractivity contribution is 7.89. The van der Waals surface area contributed by atoms with E-state index in [9.17, 15) is 18.0 Å². The number of rotatable bonds is 18. The molecule has 7 rings (SSSR count). The highest BCUT2D eigenvalue weighted by atomic mass is 32.2. The van der Waals surface area contributed by atoms with Gasteiger partial charge in [-0.2, -0.15) is 4.31 Å². The van der Waals surface area contributed by atoms with E-state index in [4.69, 9.17) is 27.8 Å². The van der Waals surface area contributed by atoms with E-state index in [1.54, 1.807) is 84.9 Å². The molecular formula is C45H41NO10S. The normalized spacial score (nSPS) is 11.7. The van der Waals surface area contributed by atoms with Gasteiger partial charge < -0.3 is 27.8 Å². The molecule has 0 aliphatic rings. The van der Waals surface area contributed by atoms with Crippen LogP contribution in [0.25, 0.3) is 44.6 Å². The molecular weight excluding hydrogens is 747 g/mol. The summed E-state index contributed by atoms with van der Waals surface area (Å²) in [7, 11) is -3.82. The van der Waals surface area contributed by atoms with Gasteiger partial charge in [-0.3, -0.25) is 9.59 Å². The maximum absolute atomic E-state index is 13.6. The van der Waals surface area contributed by atoms with Gasteiger partial charge in [-0.25, -0.2) is 8.42 Å². The van der Waals surface area contributed by atoms with Gasteiger partial charge in [0.2, 0.25) is 10.0 Å². The monoisotopic (exact) mass is 787 g/mol. The van der Waals surface area contributed by atoms with Crippen LogP contribution in [0, 0.1) is 6.92 Å². The Morgan fingerprint density at radius 3 is 1.42 bits per heavy atom. The molecule has 5 aromatic carbocycles. The number of sulfonamides is 1. The minimum atomic E-state index is -3.82. The molecule has 0 N–H and O–H groups in total. The van der Waals surface area contributed by atoms with Crippen LogP contribution in [0.15, 0.2) is 157 Å². The summed E-state index contributed by atoms with van der Waals surface area (Å²) in [6.07, 6.45) is 0. The fourth-order valence-corrected chi connectivity index (χ4v) is 7.52. The Labute approximate surface area is 329 Å². The maximum atomic E-state index is 13.6. The number of para-hydroxylation sites is 2. The van der Waals surface area contributed by atoms with Gasteiger partial charge in [0.05, 0.1) is 42.1 Å². The summed E-state index contributed by atoms with van der Waals surface area (Å²) in [5.74, 6) is 2.16. The molecule has 292 valence electrons. The van der Waals surface area contributed by atoms with Crippen molar-refractivity contribution in [1.29, 1.82) is 0 Å². The Balaban J connectivity index is 0.860. The molecule has 0 fully saturated rings. The van der Waals surface area contributed by atoms with Gasteiger partial charge in [-0.1, -0.05) is 42.0 Å². The molecule has 57 heavy (non-hydrogen) atoms. The smallest absolute Gasteiger partial charge is 0.243 e. The molecule has 0 radical (unpaired) electrons. The molecule has 0 unspecified atom stereocenters. The Bertz CT molecular complexity index is 2510. The van der Waals surface area contributed by atoms with Gasteiger partial charge in [0.15, 0.2) is 10.9 Å². The summed E-state index contributed by atoms with van der Waals surface area (Å²) >= 11 is 0. The summed E-state index contributed by atoms with van der Waals surface area (Å²) < 4.78 is 63.6. The highest BCUT2D eigenvalue weighted by Crippen LogP contribution is 2.26. The maximum Gasteiger partial charge on any atom is 0.243 e. The van der Waals surface area contributed by atoms with E-state index < -0.39 is 10.0 Å². The Kier molecular flexibility index (Phi) is 12.6. The average molecular weight is 788 g/mol. The van der Waals surface area contributed by atoms with E-state index in [-0.39, 0.29) is 68.5 Å². The Morgan fingerprint density at radius 1 is 0.526 bits per heavy atom. The minimum Gasteiger partial charge on any atom is -0.491 e. The fraction of sp³-hybridized carbons (Fsp3) is 0.200. The van der Waals surface area contributed by atoms with Gasteiger partial charge >= 0.3 is 0 Å². The summed E-state index contributed by atoms with van der Waals surface area (Å²) in [4.78, 5) is 25.2. The molecule has 0 spiro atoms. The first-order valence-corrected chi connectivity index (χ1v) is 19.9. The average Bonchev–Trinajstić information content (AvgIpc) is 3.23. The fourth-order valence-electron chi connectivity index (χ4n) is 6.11. The zero-order valence-electron chi connectivity index (χ0n) is 31.3. The first kappa shape index (κ1) is 39.2. The topological polar surface area (TPSA) is 135 Å². The first-order valence-electron chi connectivity index (χ1n) is 18.5. The third-order valence-electron chi connectivity index (χ3n) is 9.17. The highest BCUT2D eigenvalue weighted by Gasteiger charge is 2.24. The zero-order chi connectivity index (χ0) is 39.6. The van der Waals surface area contributed by atoms with Crippen molar-refractivity contribution in [1.82, 2.24) is 4.31 Å². The molecule has 2 heterocycles.